The molecule has 11 heteroatoms. The minimum Gasteiger partial charge on any atom is -0.474 e. The fourth-order valence-corrected chi connectivity index (χ4v) is 3.35. The van der Waals surface area contributed by atoms with Gasteiger partial charge in [-0.3, -0.25) is 4.79 Å². The van der Waals surface area contributed by atoms with Crippen LogP contribution in [-0.2, 0) is 4.74 Å². The first-order valence-corrected chi connectivity index (χ1v) is 11.1. The lowest BCUT2D eigenvalue weighted by Crippen LogP contribution is -2.41. The Morgan fingerprint density at radius 2 is 1.94 bits per heavy atom. The van der Waals surface area contributed by atoms with Crippen LogP contribution in [0.15, 0.2) is 24.5 Å². The van der Waals surface area contributed by atoms with Gasteiger partial charge in [-0.25, -0.2) is 19.2 Å². The van der Waals surface area contributed by atoms with E-state index in [1.807, 2.05) is 13.8 Å². The third kappa shape index (κ3) is 6.77. The molecule has 1 aliphatic heterocycles. The Morgan fingerprint density at radius 3 is 2.59 bits per heavy atom. The van der Waals surface area contributed by atoms with E-state index in [0.29, 0.717) is 50.5 Å². The number of aromatic nitrogens is 2. The summed E-state index contributed by atoms with van der Waals surface area (Å²) in [7, 11) is 0. The van der Waals surface area contributed by atoms with Gasteiger partial charge in [0.1, 0.15) is 12.4 Å². The highest BCUT2D eigenvalue weighted by Gasteiger charge is 2.25. The average molecular weight is 477 g/mol. The van der Waals surface area contributed by atoms with Crippen LogP contribution < -0.4 is 14.8 Å². The van der Waals surface area contributed by atoms with Crippen LogP contribution >= 0.6 is 0 Å². The van der Waals surface area contributed by atoms with Crippen molar-refractivity contribution in [3.63, 3.8) is 0 Å². The molecule has 0 atom stereocenters. The molecule has 1 aromatic heterocycles. The summed E-state index contributed by atoms with van der Waals surface area (Å²) in [6.45, 7) is 6.92. The Bertz CT molecular complexity index is 1010. The van der Waals surface area contributed by atoms with Crippen molar-refractivity contribution in [2.45, 2.75) is 45.8 Å². The molecule has 3 rings (SSSR count). The molecule has 2 heterocycles. The molecule has 0 bridgehead atoms. The van der Waals surface area contributed by atoms with E-state index in [1.165, 1.54) is 23.4 Å². The van der Waals surface area contributed by atoms with Crippen molar-refractivity contribution in [2.75, 3.05) is 26.2 Å². The van der Waals surface area contributed by atoms with Crippen molar-refractivity contribution < 1.29 is 33.3 Å². The Morgan fingerprint density at radius 1 is 1.24 bits per heavy atom. The third-order valence-corrected chi connectivity index (χ3v) is 5.22. The standard InChI is InChI=1S/C23H29FN4O6/c1-14(2)32-11-8-25-20(29)16-4-5-19(18(24)12-16)34-22-15(3)21(26-13-27-22)33-17-6-9-28(10-7-17)23(30)31/h4-5,12-14,17H,6-11H2,1-3H3,(H,25,29)(H,30,31). The van der Waals surface area contributed by atoms with E-state index in [1.54, 1.807) is 6.92 Å². The lowest BCUT2D eigenvalue weighted by atomic mass is 10.1. The molecule has 1 fully saturated rings. The van der Waals surface area contributed by atoms with E-state index >= 15 is 0 Å². The average Bonchev–Trinajstić information content (AvgIpc) is 2.80. The van der Waals surface area contributed by atoms with Gasteiger partial charge in [-0.1, -0.05) is 0 Å². The smallest absolute Gasteiger partial charge is 0.407 e. The summed E-state index contributed by atoms with van der Waals surface area (Å²) in [6, 6.07) is 3.91. The number of ether oxygens (including phenoxy) is 3. The van der Waals surface area contributed by atoms with Crippen molar-refractivity contribution in [2.24, 2.45) is 0 Å². The molecule has 2 N–H and O–H groups in total. The van der Waals surface area contributed by atoms with Crippen molar-refractivity contribution >= 4 is 12.0 Å². The minimum absolute atomic E-state index is 0.0620. The van der Waals surface area contributed by atoms with Crippen molar-refractivity contribution in [3.05, 3.63) is 41.5 Å². The molecular formula is C23H29FN4O6. The number of nitrogens with zero attached hydrogens (tertiary/aromatic N) is 3. The van der Waals surface area contributed by atoms with Crippen LogP contribution in [0.1, 0.15) is 42.6 Å². The molecule has 0 radical (unpaired) electrons. The van der Waals surface area contributed by atoms with Crippen LogP contribution in [0.25, 0.3) is 0 Å². The molecule has 0 spiro atoms. The number of likely N-dealkylation sites (tertiary alicyclic amines) is 1. The number of piperidine rings is 1. The maximum absolute atomic E-state index is 14.6. The Hall–Kier alpha value is -3.47. The Labute approximate surface area is 197 Å². The number of nitrogens with one attached hydrogen (secondary N) is 1. The number of rotatable bonds is 9. The van der Waals surface area contributed by atoms with Crippen molar-refractivity contribution in [1.29, 1.82) is 0 Å². The molecule has 184 valence electrons. The summed E-state index contributed by atoms with van der Waals surface area (Å²) in [5.41, 5.74) is 0.639. The molecule has 1 aliphatic rings. The van der Waals surface area contributed by atoms with Crippen LogP contribution in [0.2, 0.25) is 0 Å². The largest absolute Gasteiger partial charge is 0.474 e. The normalized spacial score (nSPS) is 14.2. The first-order valence-electron chi connectivity index (χ1n) is 11.1. The lowest BCUT2D eigenvalue weighted by Gasteiger charge is -2.30. The predicted molar refractivity (Wildman–Crippen MR) is 120 cm³/mol. The fourth-order valence-electron chi connectivity index (χ4n) is 3.35. The number of carbonyl (C=O) groups is 2. The molecule has 0 saturated carbocycles. The van der Waals surface area contributed by atoms with Gasteiger partial charge >= 0.3 is 6.09 Å². The predicted octanol–water partition coefficient (Wildman–Crippen LogP) is 3.39. The highest BCUT2D eigenvalue weighted by atomic mass is 19.1. The molecule has 0 aliphatic carbocycles. The molecule has 0 unspecified atom stereocenters. The first kappa shape index (κ1) is 25.2. The van der Waals surface area contributed by atoms with Gasteiger partial charge in [-0.2, -0.15) is 0 Å². The van der Waals surface area contributed by atoms with E-state index in [-0.39, 0.29) is 29.4 Å². The van der Waals surface area contributed by atoms with Crippen LogP contribution in [-0.4, -0.2) is 70.4 Å². The van der Waals surface area contributed by atoms with Gasteiger partial charge in [0.25, 0.3) is 5.91 Å². The number of halogens is 1. The summed E-state index contributed by atoms with van der Waals surface area (Å²) in [5.74, 6) is -0.816. The number of carbonyl (C=O) groups excluding carboxylic acids is 1. The van der Waals surface area contributed by atoms with Gasteiger partial charge in [0.05, 0.1) is 18.3 Å². The minimum atomic E-state index is -0.946. The number of amides is 2. The molecule has 10 nitrogen and oxygen atoms in total. The summed E-state index contributed by atoms with van der Waals surface area (Å²) >= 11 is 0. The molecule has 1 saturated heterocycles. The molecular weight excluding hydrogens is 447 g/mol. The van der Waals surface area contributed by atoms with Gasteiger partial charge in [0.2, 0.25) is 11.8 Å². The van der Waals surface area contributed by atoms with Crippen LogP contribution in [0.4, 0.5) is 9.18 Å². The summed E-state index contributed by atoms with van der Waals surface area (Å²) in [6.07, 6.45) is 1.24. The van der Waals surface area contributed by atoms with Crippen molar-refractivity contribution in [1.82, 2.24) is 20.2 Å². The van der Waals surface area contributed by atoms with E-state index in [9.17, 15) is 14.0 Å². The van der Waals surface area contributed by atoms with E-state index in [2.05, 4.69) is 15.3 Å². The highest BCUT2D eigenvalue weighted by molar-refractivity contribution is 5.94. The maximum Gasteiger partial charge on any atom is 0.407 e. The maximum atomic E-state index is 14.6. The Balaban J connectivity index is 1.61. The van der Waals surface area contributed by atoms with Gasteiger partial charge in [0, 0.05) is 38.0 Å². The summed E-state index contributed by atoms with van der Waals surface area (Å²) < 4.78 is 31.6. The van der Waals surface area contributed by atoms with E-state index in [0.717, 1.165) is 6.07 Å². The van der Waals surface area contributed by atoms with Crippen LogP contribution in [0.3, 0.4) is 0 Å². The van der Waals surface area contributed by atoms with Gasteiger partial charge in [-0.15, -0.1) is 0 Å². The zero-order chi connectivity index (χ0) is 24.7. The number of carboxylic acid groups (broad SMARTS) is 1. The first-order chi connectivity index (χ1) is 16.2. The van der Waals surface area contributed by atoms with Gasteiger partial charge in [-0.05, 0) is 39.0 Å². The van der Waals surface area contributed by atoms with Gasteiger partial charge < -0.3 is 29.5 Å². The second kappa shape index (κ2) is 11.6. The van der Waals surface area contributed by atoms with Crippen molar-refractivity contribution in [3.8, 4) is 17.5 Å². The number of hydrogen-bond donors (Lipinski definition) is 2. The number of hydrogen-bond acceptors (Lipinski definition) is 7. The van der Waals surface area contributed by atoms with Gasteiger partial charge in [0.15, 0.2) is 11.6 Å². The Kier molecular flexibility index (Phi) is 8.58. The highest BCUT2D eigenvalue weighted by Crippen LogP contribution is 2.30. The van der Waals surface area contributed by atoms with E-state index < -0.39 is 17.8 Å². The zero-order valence-electron chi connectivity index (χ0n) is 19.4. The lowest BCUT2D eigenvalue weighted by molar-refractivity contribution is 0.0746. The topological polar surface area (TPSA) is 123 Å². The summed E-state index contributed by atoms with van der Waals surface area (Å²) in [5, 5.41) is 11.7. The molecule has 2 aromatic rings. The summed E-state index contributed by atoms with van der Waals surface area (Å²) in [4.78, 5) is 32.8. The second-order valence-corrected chi connectivity index (χ2v) is 8.12. The molecule has 34 heavy (non-hydrogen) atoms. The molecule has 2 amide bonds. The second-order valence-electron chi connectivity index (χ2n) is 8.12. The molecule has 1 aromatic carbocycles. The third-order valence-electron chi connectivity index (χ3n) is 5.22. The SMILES string of the molecule is Cc1c(Oc2ccc(C(=O)NCCOC(C)C)cc2F)ncnc1OC1CCN(C(=O)O)CC1. The monoisotopic (exact) mass is 476 g/mol. The van der Waals surface area contributed by atoms with Crippen LogP contribution in [0.5, 0.6) is 17.5 Å². The fraction of sp³-hybridized carbons (Fsp3) is 0.478. The van der Waals surface area contributed by atoms with E-state index in [4.69, 9.17) is 19.3 Å². The van der Waals surface area contributed by atoms with Crippen LogP contribution in [0, 0.1) is 12.7 Å². The zero-order valence-corrected chi connectivity index (χ0v) is 19.4. The number of benzene rings is 1. The quantitative estimate of drug-likeness (QED) is 0.528.